The van der Waals surface area contributed by atoms with E-state index >= 15 is 0 Å². The normalized spacial score (nSPS) is 27.3. The fourth-order valence-corrected chi connectivity index (χ4v) is 3.57. The number of carbonyl (C=O) groups excluding carboxylic acids is 2. The molecule has 7 heteroatoms. The number of amides is 3. The van der Waals surface area contributed by atoms with Gasteiger partial charge in [-0.2, -0.15) is 0 Å². The summed E-state index contributed by atoms with van der Waals surface area (Å²) in [5.41, 5.74) is 0. The van der Waals surface area contributed by atoms with Crippen LogP contribution in [0.15, 0.2) is 0 Å². The molecule has 21 heavy (non-hydrogen) atoms. The summed E-state index contributed by atoms with van der Waals surface area (Å²) in [5.74, 6) is -0.832. The Balaban J connectivity index is 2.04. The first-order valence-corrected chi connectivity index (χ1v) is 7.47. The zero-order valence-electron chi connectivity index (χ0n) is 12.5. The van der Waals surface area contributed by atoms with E-state index in [9.17, 15) is 19.5 Å². The molecule has 2 N–H and O–H groups in total. The van der Waals surface area contributed by atoms with Gasteiger partial charge in [0.1, 0.15) is 12.6 Å². The van der Waals surface area contributed by atoms with Crippen LogP contribution in [0.3, 0.4) is 0 Å². The van der Waals surface area contributed by atoms with E-state index in [1.54, 1.807) is 0 Å². The third kappa shape index (κ3) is 3.11. The average Bonchev–Trinajstić information content (AvgIpc) is 2.96. The third-order valence-corrected chi connectivity index (χ3v) is 4.47. The lowest BCUT2D eigenvalue weighted by Gasteiger charge is -2.29. The van der Waals surface area contributed by atoms with Gasteiger partial charge in [-0.3, -0.25) is 4.79 Å². The van der Waals surface area contributed by atoms with E-state index in [4.69, 9.17) is 0 Å². The first kappa shape index (κ1) is 15.6. The zero-order valence-corrected chi connectivity index (χ0v) is 12.5. The van der Waals surface area contributed by atoms with Crippen LogP contribution in [-0.4, -0.2) is 65.5 Å². The van der Waals surface area contributed by atoms with Gasteiger partial charge in [-0.1, -0.05) is 6.42 Å². The number of hydrogen-bond donors (Lipinski definition) is 2. The van der Waals surface area contributed by atoms with Crippen molar-refractivity contribution in [2.75, 3.05) is 26.7 Å². The van der Waals surface area contributed by atoms with Crippen molar-refractivity contribution >= 4 is 17.9 Å². The maximum atomic E-state index is 12.4. The van der Waals surface area contributed by atoms with Crippen molar-refractivity contribution in [2.24, 2.45) is 11.8 Å². The maximum Gasteiger partial charge on any atom is 0.326 e. The number of carboxylic acids is 1. The van der Waals surface area contributed by atoms with Gasteiger partial charge in [-0.15, -0.1) is 0 Å². The van der Waals surface area contributed by atoms with Gasteiger partial charge in [-0.05, 0) is 31.6 Å². The molecule has 2 aliphatic rings. The lowest BCUT2D eigenvalue weighted by atomic mass is 9.94. The molecule has 1 aliphatic carbocycles. The number of likely N-dealkylation sites (tertiary alicyclic amines) is 1. The van der Waals surface area contributed by atoms with E-state index in [0.29, 0.717) is 13.1 Å². The molecule has 0 aromatic rings. The summed E-state index contributed by atoms with van der Waals surface area (Å²) < 4.78 is 0. The highest BCUT2D eigenvalue weighted by Crippen LogP contribution is 2.42. The fourth-order valence-electron chi connectivity index (χ4n) is 3.57. The summed E-state index contributed by atoms with van der Waals surface area (Å²) in [6.07, 6.45) is 2.89. The second-order valence-corrected chi connectivity index (χ2v) is 5.88. The van der Waals surface area contributed by atoms with Crippen molar-refractivity contribution in [1.29, 1.82) is 0 Å². The number of fused-ring (bicyclic) bond motifs is 1. The second-order valence-electron chi connectivity index (χ2n) is 5.88. The molecular weight excluding hydrogens is 274 g/mol. The number of aliphatic carboxylic acids is 1. The van der Waals surface area contributed by atoms with Gasteiger partial charge in [0.25, 0.3) is 0 Å². The minimum absolute atomic E-state index is 0.0507. The molecule has 0 aromatic carbocycles. The Hall–Kier alpha value is -1.79. The van der Waals surface area contributed by atoms with Crippen LogP contribution in [0.4, 0.5) is 4.79 Å². The van der Waals surface area contributed by atoms with Crippen LogP contribution in [-0.2, 0) is 9.59 Å². The molecule has 2 rings (SSSR count). The van der Waals surface area contributed by atoms with Crippen LogP contribution in [0.1, 0.15) is 26.2 Å². The first-order chi connectivity index (χ1) is 9.95. The number of carbonyl (C=O) groups is 3. The number of carboxylic acid groups (broad SMARTS) is 1. The minimum atomic E-state index is -0.941. The molecule has 2 fully saturated rings. The SMILES string of the molecule is CCNC(=O)CN(C)C(=O)N1CC2CCCC2C1C(=O)O. The van der Waals surface area contributed by atoms with Gasteiger partial charge in [0.15, 0.2) is 0 Å². The molecule has 7 nitrogen and oxygen atoms in total. The van der Waals surface area contributed by atoms with Crippen molar-refractivity contribution in [3.05, 3.63) is 0 Å². The molecule has 1 saturated carbocycles. The number of hydrogen-bond acceptors (Lipinski definition) is 3. The number of nitrogens with one attached hydrogen (secondary N) is 1. The molecule has 3 unspecified atom stereocenters. The topological polar surface area (TPSA) is 90.0 Å². The van der Waals surface area contributed by atoms with E-state index in [1.807, 2.05) is 6.92 Å². The van der Waals surface area contributed by atoms with Crippen LogP contribution in [0.2, 0.25) is 0 Å². The van der Waals surface area contributed by atoms with E-state index in [-0.39, 0.29) is 30.3 Å². The molecule has 1 aliphatic heterocycles. The number of rotatable bonds is 4. The molecule has 0 radical (unpaired) electrons. The van der Waals surface area contributed by atoms with Gasteiger partial charge >= 0.3 is 12.0 Å². The summed E-state index contributed by atoms with van der Waals surface area (Å²) in [4.78, 5) is 38.2. The molecule has 3 amide bonds. The minimum Gasteiger partial charge on any atom is -0.480 e. The predicted molar refractivity (Wildman–Crippen MR) is 75.7 cm³/mol. The fraction of sp³-hybridized carbons (Fsp3) is 0.786. The van der Waals surface area contributed by atoms with Crippen LogP contribution in [0.5, 0.6) is 0 Å². The van der Waals surface area contributed by atoms with Crippen molar-refractivity contribution in [3.63, 3.8) is 0 Å². The zero-order chi connectivity index (χ0) is 15.6. The third-order valence-electron chi connectivity index (χ3n) is 4.47. The van der Waals surface area contributed by atoms with Crippen LogP contribution < -0.4 is 5.32 Å². The molecule has 3 atom stereocenters. The standard InChI is InChI=1S/C14H23N3O4/c1-3-15-11(18)8-16(2)14(21)17-7-9-5-4-6-10(9)12(17)13(19)20/h9-10,12H,3-8H2,1-2H3,(H,15,18)(H,19,20). The maximum absolute atomic E-state index is 12.4. The predicted octanol–water partition coefficient (Wildman–Crippen LogP) is 0.359. The average molecular weight is 297 g/mol. The van der Waals surface area contributed by atoms with Gasteiger partial charge in [-0.25, -0.2) is 9.59 Å². The summed E-state index contributed by atoms with van der Waals surface area (Å²) >= 11 is 0. The molecule has 118 valence electrons. The van der Waals surface area contributed by atoms with Gasteiger partial charge in [0.05, 0.1) is 0 Å². The Bertz CT molecular complexity index is 440. The number of urea groups is 1. The van der Waals surface area contributed by atoms with E-state index in [1.165, 1.54) is 16.8 Å². The Labute approximate surface area is 124 Å². The molecule has 0 bridgehead atoms. The van der Waals surface area contributed by atoms with Gasteiger partial charge in [0, 0.05) is 20.1 Å². The number of likely N-dealkylation sites (N-methyl/N-ethyl adjacent to an activating group) is 2. The Morgan fingerprint density at radius 2 is 2.05 bits per heavy atom. The van der Waals surface area contributed by atoms with Crippen molar-refractivity contribution in [2.45, 2.75) is 32.2 Å². The van der Waals surface area contributed by atoms with E-state index in [2.05, 4.69) is 5.32 Å². The molecular formula is C14H23N3O4. The smallest absolute Gasteiger partial charge is 0.326 e. The first-order valence-electron chi connectivity index (χ1n) is 7.47. The quantitative estimate of drug-likeness (QED) is 0.784. The lowest BCUT2D eigenvalue weighted by molar-refractivity contribution is -0.142. The molecule has 1 heterocycles. The largest absolute Gasteiger partial charge is 0.480 e. The molecule has 0 aromatic heterocycles. The summed E-state index contributed by atoms with van der Waals surface area (Å²) in [5, 5.41) is 12.1. The van der Waals surface area contributed by atoms with E-state index < -0.39 is 12.0 Å². The van der Waals surface area contributed by atoms with Gasteiger partial charge in [0.2, 0.25) is 5.91 Å². The molecule has 1 saturated heterocycles. The van der Waals surface area contributed by atoms with E-state index in [0.717, 1.165) is 19.3 Å². The second kappa shape index (κ2) is 6.32. The van der Waals surface area contributed by atoms with Crippen molar-refractivity contribution in [1.82, 2.24) is 15.1 Å². The highest BCUT2D eigenvalue weighted by Gasteiger charge is 2.50. The Kier molecular flexibility index (Phi) is 4.69. The van der Waals surface area contributed by atoms with Gasteiger partial charge < -0.3 is 20.2 Å². The van der Waals surface area contributed by atoms with Crippen LogP contribution >= 0.6 is 0 Å². The summed E-state index contributed by atoms with van der Waals surface area (Å²) in [6, 6.07) is -1.12. The highest BCUT2D eigenvalue weighted by molar-refractivity contribution is 5.87. The Morgan fingerprint density at radius 1 is 1.33 bits per heavy atom. The Morgan fingerprint density at radius 3 is 2.67 bits per heavy atom. The van der Waals surface area contributed by atoms with Crippen LogP contribution in [0, 0.1) is 11.8 Å². The van der Waals surface area contributed by atoms with Crippen molar-refractivity contribution < 1.29 is 19.5 Å². The summed E-state index contributed by atoms with van der Waals surface area (Å²) in [7, 11) is 1.53. The monoisotopic (exact) mass is 297 g/mol. The highest BCUT2D eigenvalue weighted by atomic mass is 16.4. The molecule has 0 spiro atoms. The lowest BCUT2D eigenvalue weighted by Crippen LogP contribution is -2.50. The number of nitrogens with zero attached hydrogens (tertiary/aromatic N) is 2. The summed E-state index contributed by atoms with van der Waals surface area (Å²) in [6.45, 7) is 2.75. The van der Waals surface area contributed by atoms with Crippen LogP contribution in [0.25, 0.3) is 0 Å². The van der Waals surface area contributed by atoms with Crippen molar-refractivity contribution in [3.8, 4) is 0 Å².